The number of alkyl carbamates (subject to hydrolysis) is 1. The number of hydrogen-bond acceptors (Lipinski definition) is 14. The first-order valence-corrected chi connectivity index (χ1v) is 14.8. The van der Waals surface area contributed by atoms with E-state index in [1.54, 1.807) is 0 Å². The van der Waals surface area contributed by atoms with Gasteiger partial charge >= 0.3 is 36.1 Å². The Bertz CT molecular complexity index is 1320. The first kappa shape index (κ1) is 41.2. The summed E-state index contributed by atoms with van der Waals surface area (Å²) in [7, 11) is 1.75. The highest BCUT2D eigenvalue weighted by atomic mass is 19.4. The van der Waals surface area contributed by atoms with E-state index in [1.165, 1.54) is 39.0 Å². The van der Waals surface area contributed by atoms with E-state index < -0.39 is 109 Å². The third-order valence-corrected chi connectivity index (χ3v) is 7.12. The molecule has 0 radical (unpaired) electrons. The van der Waals surface area contributed by atoms with Gasteiger partial charge in [0.25, 0.3) is 5.60 Å². The van der Waals surface area contributed by atoms with Gasteiger partial charge in [-0.05, 0) is 20.8 Å². The number of benzene rings is 1. The van der Waals surface area contributed by atoms with Crippen LogP contribution in [0.25, 0.3) is 0 Å². The Hall–Kier alpha value is -4.00. The fourth-order valence-electron chi connectivity index (χ4n) is 5.06. The van der Waals surface area contributed by atoms with Crippen LogP contribution < -0.4 is 5.32 Å². The average molecular weight is 710 g/mol. The Labute approximate surface area is 280 Å². The molecule has 18 heteroatoms. The summed E-state index contributed by atoms with van der Waals surface area (Å²) in [5, 5.41) is 14.5. The first-order chi connectivity index (χ1) is 22.6. The molecule has 0 spiro atoms. The summed E-state index contributed by atoms with van der Waals surface area (Å²) in [5.74, 6) is -4.64. The molecule has 49 heavy (non-hydrogen) atoms. The molecule has 1 amide bonds. The predicted octanol–water partition coefficient (Wildman–Crippen LogP) is 2.45. The Balaban J connectivity index is 2.64. The van der Waals surface area contributed by atoms with Crippen LogP contribution in [-0.4, -0.2) is 111 Å². The second kappa shape index (κ2) is 16.6. The lowest BCUT2D eigenvalue weighted by Gasteiger charge is -2.49. The van der Waals surface area contributed by atoms with Gasteiger partial charge in [0.15, 0.2) is 18.5 Å². The van der Waals surface area contributed by atoms with E-state index in [9.17, 15) is 42.3 Å². The number of carbonyl (C=O) groups is 5. The van der Waals surface area contributed by atoms with Crippen LogP contribution in [0.15, 0.2) is 30.3 Å². The van der Waals surface area contributed by atoms with E-state index in [0.717, 1.165) is 40.0 Å². The number of nitrogens with one attached hydrogen (secondary N) is 1. The zero-order chi connectivity index (χ0) is 37.4. The minimum Gasteiger partial charge on any atom is -0.462 e. The SMILES string of the molecule is CO[C@H]1O[C@H]([C@@H](COC(=O)[C@@](OC)(c2ccccc2)C(F)(F)F)NC(=O)OC(C)(C)C)C[C@@](O)([C@H](COC(C)=O)OC(C)=O)[C@H]1OC(C)=O. The number of halogens is 3. The summed E-state index contributed by atoms with van der Waals surface area (Å²) in [5.41, 5.74) is -7.79. The summed E-state index contributed by atoms with van der Waals surface area (Å²) in [6.45, 7) is 5.79. The highest BCUT2D eigenvalue weighted by Crippen LogP contribution is 2.43. The lowest BCUT2D eigenvalue weighted by molar-refractivity contribution is -0.316. The maximum Gasteiger partial charge on any atom is 0.432 e. The van der Waals surface area contributed by atoms with Crippen LogP contribution in [0.5, 0.6) is 0 Å². The van der Waals surface area contributed by atoms with Crippen molar-refractivity contribution in [3.63, 3.8) is 0 Å². The Kier molecular flexibility index (Phi) is 14.0. The number of carbonyl (C=O) groups excluding carboxylic acids is 5. The molecule has 1 aromatic carbocycles. The van der Waals surface area contributed by atoms with Crippen LogP contribution in [-0.2, 0) is 62.7 Å². The zero-order valence-electron chi connectivity index (χ0n) is 28.3. The molecule has 276 valence electrons. The molecule has 0 saturated carbocycles. The second-order valence-electron chi connectivity index (χ2n) is 12.0. The van der Waals surface area contributed by atoms with Crippen molar-refractivity contribution in [2.75, 3.05) is 27.4 Å². The molecule has 0 aromatic heterocycles. The number of hydrogen-bond donors (Lipinski definition) is 2. The van der Waals surface area contributed by atoms with Gasteiger partial charge in [0, 0.05) is 47.0 Å². The highest BCUT2D eigenvalue weighted by molar-refractivity contribution is 5.82. The molecule has 0 aliphatic carbocycles. The summed E-state index contributed by atoms with van der Waals surface area (Å²) in [4.78, 5) is 62.1. The molecule has 1 aliphatic rings. The normalized spacial score (nSPS) is 23.6. The molecular weight excluding hydrogens is 667 g/mol. The van der Waals surface area contributed by atoms with Crippen molar-refractivity contribution in [2.45, 2.75) is 102 Å². The topological polar surface area (TPSA) is 191 Å². The van der Waals surface area contributed by atoms with Gasteiger partial charge in [-0.15, -0.1) is 0 Å². The molecule has 1 fully saturated rings. The number of rotatable bonds is 13. The molecule has 2 N–H and O–H groups in total. The van der Waals surface area contributed by atoms with Crippen LogP contribution in [0, 0.1) is 0 Å². The van der Waals surface area contributed by atoms with E-state index in [-0.39, 0.29) is 0 Å². The number of methoxy groups -OCH3 is 2. The van der Waals surface area contributed by atoms with Gasteiger partial charge in [-0.3, -0.25) is 14.4 Å². The van der Waals surface area contributed by atoms with E-state index in [2.05, 4.69) is 5.32 Å². The van der Waals surface area contributed by atoms with Crippen molar-refractivity contribution in [1.29, 1.82) is 0 Å². The van der Waals surface area contributed by atoms with E-state index in [1.807, 2.05) is 0 Å². The highest BCUT2D eigenvalue weighted by Gasteiger charge is 2.64. The average Bonchev–Trinajstić information content (AvgIpc) is 2.97. The van der Waals surface area contributed by atoms with E-state index in [4.69, 9.17) is 37.9 Å². The molecule has 0 bridgehead atoms. The van der Waals surface area contributed by atoms with Crippen molar-refractivity contribution < 1.29 is 80.1 Å². The van der Waals surface area contributed by atoms with Crippen LogP contribution >= 0.6 is 0 Å². The van der Waals surface area contributed by atoms with Crippen molar-refractivity contribution in [2.24, 2.45) is 0 Å². The fraction of sp³-hybridized carbons (Fsp3) is 0.645. The lowest BCUT2D eigenvalue weighted by atomic mass is 9.80. The van der Waals surface area contributed by atoms with E-state index in [0.29, 0.717) is 7.11 Å². The molecule has 2 rings (SSSR count). The smallest absolute Gasteiger partial charge is 0.432 e. The van der Waals surface area contributed by atoms with Gasteiger partial charge < -0.3 is 48.3 Å². The summed E-state index contributed by atoms with van der Waals surface area (Å²) in [6, 6.07) is 4.34. The van der Waals surface area contributed by atoms with Crippen LogP contribution in [0.1, 0.15) is 53.5 Å². The minimum absolute atomic E-state index is 0.603. The Morgan fingerprint density at radius 1 is 0.959 bits per heavy atom. The molecule has 1 saturated heterocycles. The quantitative estimate of drug-likeness (QED) is 0.224. The van der Waals surface area contributed by atoms with Gasteiger partial charge in [0.05, 0.1) is 12.1 Å². The number of esters is 4. The van der Waals surface area contributed by atoms with Gasteiger partial charge in [0.2, 0.25) is 0 Å². The van der Waals surface area contributed by atoms with Crippen molar-refractivity contribution >= 4 is 30.0 Å². The van der Waals surface area contributed by atoms with Gasteiger partial charge in [-0.1, -0.05) is 30.3 Å². The Morgan fingerprint density at radius 2 is 1.57 bits per heavy atom. The van der Waals surface area contributed by atoms with Gasteiger partial charge in [-0.25, -0.2) is 9.59 Å². The third kappa shape index (κ3) is 10.5. The molecular formula is C31H42F3NO14. The molecule has 0 unspecified atom stereocenters. The van der Waals surface area contributed by atoms with Gasteiger partial charge in [-0.2, -0.15) is 13.2 Å². The molecule has 1 aromatic rings. The monoisotopic (exact) mass is 709 g/mol. The second-order valence-corrected chi connectivity index (χ2v) is 12.0. The van der Waals surface area contributed by atoms with Crippen LogP contribution in [0.2, 0.25) is 0 Å². The van der Waals surface area contributed by atoms with Crippen molar-refractivity contribution in [3.8, 4) is 0 Å². The van der Waals surface area contributed by atoms with Gasteiger partial charge in [0.1, 0.15) is 24.4 Å². The van der Waals surface area contributed by atoms with E-state index >= 15 is 0 Å². The third-order valence-electron chi connectivity index (χ3n) is 7.12. The maximum atomic E-state index is 14.5. The predicted molar refractivity (Wildman–Crippen MR) is 158 cm³/mol. The minimum atomic E-state index is -5.33. The standard InChI is InChI=1S/C31H42F3NO14/c1-17(36)44-16-23(46-18(2)37)29(41)14-22(48-25(42-7)24(29)47-19(3)38)21(35-27(40)49-28(4,5)6)15-45-26(39)30(43-8,31(32,33)34)20-12-10-9-11-13-20/h9-13,21-25,41H,14-16H2,1-8H3,(H,35,40)/t21-,22+,23+,24+,25+,29-,30+/m1/s1. The number of aliphatic hydroxyl groups is 1. The lowest BCUT2D eigenvalue weighted by Crippen LogP contribution is -2.69. The largest absolute Gasteiger partial charge is 0.462 e. The maximum absolute atomic E-state index is 14.5. The van der Waals surface area contributed by atoms with Crippen LogP contribution in [0.4, 0.5) is 18.0 Å². The summed E-state index contributed by atoms with van der Waals surface area (Å²) >= 11 is 0. The molecule has 1 heterocycles. The Morgan fingerprint density at radius 3 is 2.04 bits per heavy atom. The molecule has 7 atom stereocenters. The first-order valence-electron chi connectivity index (χ1n) is 14.8. The number of ether oxygens (including phenoxy) is 8. The number of alkyl halides is 3. The number of amides is 1. The summed E-state index contributed by atoms with van der Waals surface area (Å²) < 4.78 is 85.6. The fourth-order valence-corrected chi connectivity index (χ4v) is 5.06. The summed E-state index contributed by atoms with van der Waals surface area (Å²) in [6.07, 6.45) is -14.0. The zero-order valence-corrected chi connectivity index (χ0v) is 28.3. The van der Waals surface area contributed by atoms with Crippen molar-refractivity contribution in [1.82, 2.24) is 5.32 Å². The molecule has 15 nitrogen and oxygen atoms in total. The van der Waals surface area contributed by atoms with Crippen LogP contribution in [0.3, 0.4) is 0 Å². The van der Waals surface area contributed by atoms with Crippen molar-refractivity contribution in [3.05, 3.63) is 35.9 Å². The molecule has 1 aliphatic heterocycles.